The molecule has 7 heteroatoms. The molecule has 0 bridgehead atoms. The minimum absolute atomic E-state index is 0.174. The number of para-hydroxylation sites is 1. The van der Waals surface area contributed by atoms with Gasteiger partial charge in [-0.05, 0) is 6.07 Å². The van der Waals surface area contributed by atoms with E-state index in [-0.39, 0.29) is 18.8 Å². The molecule has 0 spiro atoms. The molecule has 2 rings (SSSR count). The van der Waals surface area contributed by atoms with Gasteiger partial charge in [0, 0.05) is 24.6 Å². The summed E-state index contributed by atoms with van der Waals surface area (Å²) in [6.07, 6.45) is 0. The number of carboxylic acid groups (broad SMARTS) is 1. The summed E-state index contributed by atoms with van der Waals surface area (Å²) in [5.74, 6) is -1.55. The summed E-state index contributed by atoms with van der Waals surface area (Å²) in [4.78, 5) is 27.5. The highest BCUT2D eigenvalue weighted by Gasteiger charge is 2.23. The molecule has 112 valence electrons. The molecule has 2 aromatic rings. The molecule has 0 aliphatic rings. The number of H-pyrrole nitrogens is 1. The fourth-order valence-corrected chi connectivity index (χ4v) is 2.32. The monoisotopic (exact) mass is 310 g/mol. The number of rotatable bonds is 6. The normalized spacial score (nSPS) is 10.8. The maximum Gasteiger partial charge on any atom is 0.323 e. The maximum absolute atomic E-state index is 12.5. The topological polar surface area (TPSA) is 82.6 Å². The second-order valence-corrected chi connectivity index (χ2v) is 4.85. The predicted octanol–water partition coefficient (Wildman–Crippen LogP) is 1.99. The van der Waals surface area contributed by atoms with E-state index in [2.05, 4.69) is 4.98 Å². The van der Waals surface area contributed by atoms with Crippen molar-refractivity contribution in [2.45, 2.75) is 0 Å². The van der Waals surface area contributed by atoms with Crippen LogP contribution in [0.4, 0.5) is 0 Å². The molecule has 0 saturated carbocycles. The first-order valence-corrected chi connectivity index (χ1v) is 6.68. The van der Waals surface area contributed by atoms with Crippen molar-refractivity contribution >= 4 is 34.4 Å². The van der Waals surface area contributed by atoms with Gasteiger partial charge in [0.15, 0.2) is 0 Å². The van der Waals surface area contributed by atoms with Crippen LogP contribution < -0.4 is 0 Å². The van der Waals surface area contributed by atoms with E-state index in [1.165, 1.54) is 12.0 Å². The number of ether oxygens (including phenoxy) is 1. The maximum atomic E-state index is 12.5. The molecule has 0 unspecified atom stereocenters. The zero-order valence-corrected chi connectivity index (χ0v) is 12.2. The number of carbonyl (C=O) groups is 2. The van der Waals surface area contributed by atoms with Crippen LogP contribution in [-0.4, -0.2) is 53.7 Å². The van der Waals surface area contributed by atoms with Gasteiger partial charge in [-0.15, -0.1) is 0 Å². The molecule has 1 aromatic carbocycles. The summed E-state index contributed by atoms with van der Waals surface area (Å²) in [5.41, 5.74) is 0.920. The van der Waals surface area contributed by atoms with Crippen LogP contribution >= 0.6 is 11.6 Å². The van der Waals surface area contributed by atoms with Crippen LogP contribution in [0.15, 0.2) is 24.3 Å². The van der Waals surface area contributed by atoms with Crippen LogP contribution in [0.5, 0.6) is 0 Å². The number of hydrogen-bond donors (Lipinski definition) is 2. The van der Waals surface area contributed by atoms with Crippen LogP contribution in [0.3, 0.4) is 0 Å². The van der Waals surface area contributed by atoms with E-state index in [1.807, 2.05) is 12.1 Å². The van der Waals surface area contributed by atoms with Gasteiger partial charge in [-0.3, -0.25) is 9.59 Å². The minimum atomic E-state index is -1.09. The van der Waals surface area contributed by atoms with Gasteiger partial charge < -0.3 is 19.7 Å². The number of fused-ring (bicyclic) bond motifs is 1. The van der Waals surface area contributed by atoms with Crippen molar-refractivity contribution in [3.63, 3.8) is 0 Å². The number of methoxy groups -OCH3 is 1. The lowest BCUT2D eigenvalue weighted by Crippen LogP contribution is -2.38. The van der Waals surface area contributed by atoms with E-state index in [0.717, 1.165) is 10.9 Å². The summed E-state index contributed by atoms with van der Waals surface area (Å²) in [6, 6.07) is 7.23. The smallest absolute Gasteiger partial charge is 0.323 e. The number of amides is 1. The Kier molecular flexibility index (Phi) is 4.82. The fraction of sp³-hybridized carbons (Fsp3) is 0.286. The van der Waals surface area contributed by atoms with E-state index in [9.17, 15) is 9.59 Å². The second kappa shape index (κ2) is 6.60. The number of nitrogens with zero attached hydrogens (tertiary/aromatic N) is 1. The number of carboxylic acids is 1. The van der Waals surface area contributed by atoms with Gasteiger partial charge in [-0.25, -0.2) is 0 Å². The molecule has 21 heavy (non-hydrogen) atoms. The van der Waals surface area contributed by atoms with Crippen molar-refractivity contribution in [3.8, 4) is 0 Å². The highest BCUT2D eigenvalue weighted by molar-refractivity contribution is 6.38. The molecule has 2 N–H and O–H groups in total. The average molecular weight is 311 g/mol. The highest BCUT2D eigenvalue weighted by atomic mass is 35.5. The van der Waals surface area contributed by atoms with Crippen LogP contribution in [0, 0.1) is 0 Å². The molecule has 0 atom stereocenters. The number of aromatic amines is 1. The third-order valence-electron chi connectivity index (χ3n) is 3.04. The molecule has 0 saturated heterocycles. The SMILES string of the molecule is COCCN(CC(=O)O)C(=O)c1[nH]c2ccccc2c1Cl. The van der Waals surface area contributed by atoms with Crippen LogP contribution in [0.25, 0.3) is 10.9 Å². The lowest BCUT2D eigenvalue weighted by Gasteiger charge is -2.19. The lowest BCUT2D eigenvalue weighted by atomic mass is 10.2. The largest absolute Gasteiger partial charge is 0.480 e. The average Bonchev–Trinajstić information content (AvgIpc) is 2.80. The zero-order valence-electron chi connectivity index (χ0n) is 11.4. The Morgan fingerprint density at radius 2 is 2.10 bits per heavy atom. The highest BCUT2D eigenvalue weighted by Crippen LogP contribution is 2.27. The molecule has 1 aromatic heterocycles. The summed E-state index contributed by atoms with van der Waals surface area (Å²) in [7, 11) is 1.49. The number of aliphatic carboxylic acids is 1. The van der Waals surface area contributed by atoms with Crippen molar-refractivity contribution in [2.75, 3.05) is 26.8 Å². The Bertz CT molecular complexity index is 668. The molecule has 1 amide bonds. The number of benzene rings is 1. The second-order valence-electron chi connectivity index (χ2n) is 4.47. The molecule has 0 fully saturated rings. The van der Waals surface area contributed by atoms with Crippen LogP contribution in [-0.2, 0) is 9.53 Å². The van der Waals surface area contributed by atoms with Crippen LogP contribution in [0.1, 0.15) is 10.5 Å². The lowest BCUT2D eigenvalue weighted by molar-refractivity contribution is -0.137. The molecular weight excluding hydrogens is 296 g/mol. The predicted molar refractivity (Wildman–Crippen MR) is 78.7 cm³/mol. The number of hydrogen-bond acceptors (Lipinski definition) is 3. The Labute approximate surface area is 126 Å². The first-order valence-electron chi connectivity index (χ1n) is 6.30. The van der Waals surface area contributed by atoms with Crippen molar-refractivity contribution in [2.24, 2.45) is 0 Å². The standard InChI is InChI=1S/C14H15ClN2O4/c1-21-7-6-17(8-11(18)19)14(20)13-12(15)9-4-2-3-5-10(9)16-13/h2-5,16H,6-8H2,1H3,(H,18,19). The van der Waals surface area contributed by atoms with Gasteiger partial charge >= 0.3 is 5.97 Å². The first-order chi connectivity index (χ1) is 10.0. The van der Waals surface area contributed by atoms with Gasteiger partial charge in [-0.2, -0.15) is 0 Å². The number of aromatic nitrogens is 1. The van der Waals surface area contributed by atoms with Crippen LogP contribution in [0.2, 0.25) is 5.02 Å². The van der Waals surface area contributed by atoms with E-state index in [4.69, 9.17) is 21.4 Å². The third kappa shape index (κ3) is 3.34. The molecule has 0 aliphatic heterocycles. The van der Waals surface area contributed by atoms with E-state index in [0.29, 0.717) is 5.02 Å². The minimum Gasteiger partial charge on any atom is -0.480 e. The van der Waals surface area contributed by atoms with Crippen molar-refractivity contribution in [3.05, 3.63) is 35.0 Å². The summed E-state index contributed by atoms with van der Waals surface area (Å²) >= 11 is 6.21. The Balaban J connectivity index is 2.33. The van der Waals surface area contributed by atoms with Gasteiger partial charge in [-0.1, -0.05) is 29.8 Å². The molecule has 0 radical (unpaired) electrons. The van der Waals surface area contributed by atoms with E-state index < -0.39 is 18.4 Å². The van der Waals surface area contributed by atoms with Gasteiger partial charge in [0.2, 0.25) is 0 Å². The summed E-state index contributed by atoms with van der Waals surface area (Å²) in [5, 5.41) is 9.93. The molecule has 0 aliphatic carbocycles. The zero-order chi connectivity index (χ0) is 15.4. The molecule has 1 heterocycles. The van der Waals surface area contributed by atoms with E-state index in [1.54, 1.807) is 12.1 Å². The molecule has 6 nitrogen and oxygen atoms in total. The Morgan fingerprint density at radius 3 is 2.71 bits per heavy atom. The summed E-state index contributed by atoms with van der Waals surface area (Å²) < 4.78 is 4.90. The van der Waals surface area contributed by atoms with Crippen molar-refractivity contribution < 1.29 is 19.4 Å². The first kappa shape index (κ1) is 15.3. The number of nitrogens with one attached hydrogen (secondary N) is 1. The van der Waals surface area contributed by atoms with Gasteiger partial charge in [0.05, 0.1) is 11.6 Å². The Morgan fingerprint density at radius 1 is 1.38 bits per heavy atom. The van der Waals surface area contributed by atoms with E-state index >= 15 is 0 Å². The van der Waals surface area contributed by atoms with Gasteiger partial charge in [0.25, 0.3) is 5.91 Å². The Hall–Kier alpha value is -2.05. The fourth-order valence-electron chi connectivity index (χ4n) is 2.03. The van der Waals surface area contributed by atoms with Crippen molar-refractivity contribution in [1.29, 1.82) is 0 Å². The third-order valence-corrected chi connectivity index (χ3v) is 3.43. The molecular formula is C14H15ClN2O4. The summed E-state index contributed by atoms with van der Waals surface area (Å²) in [6.45, 7) is 0.0120. The number of carbonyl (C=O) groups excluding carboxylic acids is 1. The quantitative estimate of drug-likeness (QED) is 0.855. The van der Waals surface area contributed by atoms with Gasteiger partial charge in [0.1, 0.15) is 12.2 Å². The van der Waals surface area contributed by atoms with Crippen molar-refractivity contribution in [1.82, 2.24) is 9.88 Å². The number of halogens is 1.